The number of rotatable bonds is 0. The first kappa shape index (κ1) is 11.1. The van der Waals surface area contributed by atoms with Gasteiger partial charge in [0.25, 0.3) is 5.89 Å². The molecule has 0 fully saturated rings. The van der Waals surface area contributed by atoms with Crippen LogP contribution in [0.4, 0.5) is 0 Å². The number of para-hydroxylation sites is 2. The Kier molecular flexibility index (Phi) is 2.87. The number of aromatic nitrogens is 1. The van der Waals surface area contributed by atoms with Gasteiger partial charge in [-0.2, -0.15) is 0 Å². The van der Waals surface area contributed by atoms with Crippen molar-refractivity contribution >= 4 is 27.0 Å². The third kappa shape index (κ3) is 2.29. The first-order valence-electron chi connectivity index (χ1n) is 5.44. The number of hydrogen-bond donors (Lipinski definition) is 0. The predicted molar refractivity (Wildman–Crippen MR) is 74.1 cm³/mol. The maximum atomic E-state index is 5.52. The molecule has 3 aromatic rings. The van der Waals surface area contributed by atoms with Gasteiger partial charge in [0.15, 0.2) is 5.58 Å². The Morgan fingerprint density at radius 1 is 0.944 bits per heavy atom. The van der Waals surface area contributed by atoms with Gasteiger partial charge in [-0.15, -0.1) is 0 Å². The van der Waals surface area contributed by atoms with E-state index >= 15 is 0 Å². The lowest BCUT2D eigenvalue weighted by atomic mass is 10.2. The summed E-state index contributed by atoms with van der Waals surface area (Å²) in [5.41, 5.74) is 2.52. The number of nitrogens with zero attached hydrogens (tertiary/aromatic N) is 1. The summed E-state index contributed by atoms with van der Waals surface area (Å²) >= 11 is 3.39. The monoisotopic (exact) mass is 297 g/mol. The molecule has 1 aromatic heterocycles. The molecule has 0 radical (unpaired) electrons. The highest BCUT2D eigenvalue weighted by Crippen LogP contribution is 2.14. The molecule has 0 spiro atoms. The highest BCUT2D eigenvalue weighted by atomic mass is 79.9. The molecular formula is C15H8BrNO. The highest BCUT2D eigenvalue weighted by molar-refractivity contribution is 9.10. The first-order valence-corrected chi connectivity index (χ1v) is 6.24. The van der Waals surface area contributed by atoms with Gasteiger partial charge < -0.3 is 4.42 Å². The van der Waals surface area contributed by atoms with Crippen LogP contribution in [0.15, 0.2) is 57.4 Å². The fourth-order valence-electron chi connectivity index (χ4n) is 1.58. The molecule has 0 aliphatic rings. The van der Waals surface area contributed by atoms with Crippen LogP contribution in [-0.4, -0.2) is 4.98 Å². The third-order valence-electron chi connectivity index (χ3n) is 2.45. The van der Waals surface area contributed by atoms with E-state index in [-0.39, 0.29) is 0 Å². The van der Waals surface area contributed by atoms with Crippen molar-refractivity contribution in [2.45, 2.75) is 0 Å². The maximum absolute atomic E-state index is 5.52. The molecule has 0 saturated carbocycles. The molecule has 18 heavy (non-hydrogen) atoms. The summed E-state index contributed by atoms with van der Waals surface area (Å²) in [7, 11) is 0. The Bertz CT molecular complexity index is 714. The van der Waals surface area contributed by atoms with E-state index in [1.54, 1.807) is 0 Å². The molecule has 3 heteroatoms. The van der Waals surface area contributed by atoms with Crippen molar-refractivity contribution < 1.29 is 4.42 Å². The van der Waals surface area contributed by atoms with Gasteiger partial charge in [0.05, 0.1) is 0 Å². The second-order valence-corrected chi connectivity index (χ2v) is 4.66. The summed E-state index contributed by atoms with van der Waals surface area (Å²) in [6, 6.07) is 15.4. The third-order valence-corrected chi connectivity index (χ3v) is 2.98. The molecule has 2 nitrogen and oxygen atoms in total. The van der Waals surface area contributed by atoms with Crippen LogP contribution in [0, 0.1) is 11.8 Å². The zero-order valence-electron chi connectivity index (χ0n) is 9.35. The standard InChI is InChI=1S/C15H8BrNO/c16-12-8-5-11(6-9-12)7-10-15-17-13-3-1-2-4-14(13)18-15/h1-6,8-9H. The molecule has 0 aliphatic heterocycles. The molecule has 0 N–H and O–H groups in total. The van der Waals surface area contributed by atoms with Gasteiger partial charge >= 0.3 is 0 Å². The Balaban J connectivity index is 1.95. The number of benzene rings is 2. The summed E-state index contributed by atoms with van der Waals surface area (Å²) < 4.78 is 6.56. The molecule has 0 atom stereocenters. The Morgan fingerprint density at radius 3 is 2.50 bits per heavy atom. The molecule has 0 aliphatic carbocycles. The molecular weight excluding hydrogens is 290 g/mol. The van der Waals surface area contributed by atoms with E-state index in [1.165, 1.54) is 0 Å². The van der Waals surface area contributed by atoms with Gasteiger partial charge in [0.1, 0.15) is 5.52 Å². The SMILES string of the molecule is Brc1ccc(C#Cc2nc3ccccc3o2)cc1. The van der Waals surface area contributed by atoms with E-state index in [0.717, 1.165) is 21.1 Å². The summed E-state index contributed by atoms with van der Waals surface area (Å²) in [6.45, 7) is 0. The van der Waals surface area contributed by atoms with Crippen molar-refractivity contribution in [1.82, 2.24) is 4.98 Å². The van der Waals surface area contributed by atoms with Gasteiger partial charge in [0.2, 0.25) is 0 Å². The minimum atomic E-state index is 0.444. The quantitative estimate of drug-likeness (QED) is 0.586. The summed E-state index contributed by atoms with van der Waals surface area (Å²) in [5, 5.41) is 0. The van der Waals surface area contributed by atoms with E-state index in [1.807, 2.05) is 48.5 Å². The average Bonchev–Trinajstić information content (AvgIpc) is 2.81. The Morgan fingerprint density at radius 2 is 1.72 bits per heavy atom. The van der Waals surface area contributed by atoms with E-state index in [0.29, 0.717) is 5.89 Å². The molecule has 0 unspecified atom stereocenters. The molecule has 0 bridgehead atoms. The second kappa shape index (κ2) is 4.67. The molecule has 3 rings (SSSR count). The lowest BCUT2D eigenvalue weighted by Gasteiger charge is -1.89. The summed E-state index contributed by atoms with van der Waals surface area (Å²) in [5.74, 6) is 6.39. The van der Waals surface area contributed by atoms with Gasteiger partial charge in [-0.05, 0) is 42.3 Å². The van der Waals surface area contributed by atoms with Crippen molar-refractivity contribution in [2.24, 2.45) is 0 Å². The molecule has 0 amide bonds. The smallest absolute Gasteiger partial charge is 0.274 e. The van der Waals surface area contributed by atoms with E-state index in [2.05, 4.69) is 32.8 Å². The van der Waals surface area contributed by atoms with Crippen LogP contribution in [-0.2, 0) is 0 Å². The zero-order chi connectivity index (χ0) is 12.4. The normalized spacial score (nSPS) is 10.1. The fraction of sp³-hybridized carbons (Fsp3) is 0. The van der Waals surface area contributed by atoms with Crippen LogP contribution in [0.1, 0.15) is 11.5 Å². The predicted octanol–water partition coefficient (Wildman–Crippen LogP) is 3.99. The van der Waals surface area contributed by atoms with Crippen molar-refractivity contribution in [3.63, 3.8) is 0 Å². The highest BCUT2D eigenvalue weighted by Gasteiger charge is 2.00. The van der Waals surface area contributed by atoms with Gasteiger partial charge in [-0.25, -0.2) is 4.98 Å². The number of hydrogen-bond acceptors (Lipinski definition) is 2. The maximum Gasteiger partial charge on any atom is 0.274 e. The molecule has 2 aromatic carbocycles. The van der Waals surface area contributed by atoms with Crippen molar-refractivity contribution in [2.75, 3.05) is 0 Å². The van der Waals surface area contributed by atoms with Crippen LogP contribution in [0.2, 0.25) is 0 Å². The van der Waals surface area contributed by atoms with Crippen LogP contribution in [0.3, 0.4) is 0 Å². The number of halogens is 1. The van der Waals surface area contributed by atoms with Crippen LogP contribution < -0.4 is 0 Å². The largest absolute Gasteiger partial charge is 0.430 e. The van der Waals surface area contributed by atoms with Gasteiger partial charge in [0, 0.05) is 10.0 Å². The van der Waals surface area contributed by atoms with E-state index in [4.69, 9.17) is 4.42 Å². The van der Waals surface area contributed by atoms with Gasteiger partial charge in [-0.1, -0.05) is 34.0 Å². The van der Waals surface area contributed by atoms with Crippen molar-refractivity contribution in [3.8, 4) is 11.8 Å². The van der Waals surface area contributed by atoms with Gasteiger partial charge in [-0.3, -0.25) is 0 Å². The van der Waals surface area contributed by atoms with Crippen LogP contribution >= 0.6 is 15.9 Å². The average molecular weight is 298 g/mol. The molecule has 1 heterocycles. The van der Waals surface area contributed by atoms with E-state index < -0.39 is 0 Å². The fourth-order valence-corrected chi connectivity index (χ4v) is 1.85. The molecule has 86 valence electrons. The minimum Gasteiger partial charge on any atom is -0.430 e. The number of fused-ring (bicyclic) bond motifs is 1. The van der Waals surface area contributed by atoms with Crippen LogP contribution in [0.25, 0.3) is 11.1 Å². The summed E-state index contributed by atoms with van der Waals surface area (Å²) in [6.07, 6.45) is 0. The zero-order valence-corrected chi connectivity index (χ0v) is 10.9. The number of oxazole rings is 1. The lowest BCUT2D eigenvalue weighted by molar-refractivity contribution is 0.586. The van der Waals surface area contributed by atoms with Crippen molar-refractivity contribution in [1.29, 1.82) is 0 Å². The van der Waals surface area contributed by atoms with Crippen molar-refractivity contribution in [3.05, 3.63) is 64.5 Å². The summed E-state index contributed by atoms with van der Waals surface area (Å²) in [4.78, 5) is 4.30. The molecule has 0 saturated heterocycles. The Hall–Kier alpha value is -2.05. The Labute approximate surface area is 113 Å². The topological polar surface area (TPSA) is 26.0 Å². The van der Waals surface area contributed by atoms with E-state index in [9.17, 15) is 0 Å². The second-order valence-electron chi connectivity index (χ2n) is 3.74. The first-order chi connectivity index (χ1) is 8.81. The minimum absolute atomic E-state index is 0.444. The van der Waals surface area contributed by atoms with Crippen LogP contribution in [0.5, 0.6) is 0 Å². The lowest BCUT2D eigenvalue weighted by Crippen LogP contribution is -1.75.